The lowest BCUT2D eigenvalue weighted by atomic mass is 10.1. The van der Waals surface area contributed by atoms with Crippen LogP contribution in [-0.2, 0) is 0 Å². The molecule has 1 amide bonds. The highest BCUT2D eigenvalue weighted by molar-refractivity contribution is 7.18. The van der Waals surface area contributed by atoms with Gasteiger partial charge in [0.25, 0.3) is 5.91 Å². The van der Waals surface area contributed by atoms with Gasteiger partial charge in [-0.1, -0.05) is 41.7 Å². The molecule has 33 heavy (non-hydrogen) atoms. The number of rotatable bonds is 9. The second-order valence-corrected chi connectivity index (χ2v) is 8.57. The van der Waals surface area contributed by atoms with Gasteiger partial charge >= 0.3 is 0 Å². The van der Waals surface area contributed by atoms with Crippen LogP contribution < -0.4 is 10.1 Å². The zero-order chi connectivity index (χ0) is 23.0. The predicted molar refractivity (Wildman–Crippen MR) is 128 cm³/mol. The van der Waals surface area contributed by atoms with Crippen molar-refractivity contribution in [3.8, 4) is 16.5 Å². The summed E-state index contributed by atoms with van der Waals surface area (Å²) in [5, 5.41) is 12.1. The molecule has 0 fully saturated rings. The Morgan fingerprint density at radius 2 is 1.85 bits per heavy atom. The Hall–Kier alpha value is -3.69. The van der Waals surface area contributed by atoms with E-state index < -0.39 is 0 Å². The second-order valence-electron chi connectivity index (χ2n) is 7.60. The van der Waals surface area contributed by atoms with Crippen LogP contribution in [0.3, 0.4) is 0 Å². The predicted octanol–water partition coefficient (Wildman–Crippen LogP) is 4.32. The number of pyridine rings is 2. The number of amides is 1. The van der Waals surface area contributed by atoms with Crippen LogP contribution in [0.5, 0.6) is 5.88 Å². The highest BCUT2D eigenvalue weighted by Crippen LogP contribution is 2.26. The highest BCUT2D eigenvalue weighted by atomic mass is 32.1. The number of nitrogens with one attached hydrogen (secondary N) is 1. The number of carbonyl (C=O) groups is 1. The van der Waals surface area contributed by atoms with Crippen LogP contribution in [0.15, 0.2) is 73.2 Å². The van der Waals surface area contributed by atoms with Gasteiger partial charge in [-0.15, -0.1) is 10.2 Å². The van der Waals surface area contributed by atoms with E-state index in [1.807, 2.05) is 56.6 Å². The highest BCUT2D eigenvalue weighted by Gasteiger charge is 2.16. The summed E-state index contributed by atoms with van der Waals surface area (Å²) < 4.78 is 6.16. The van der Waals surface area contributed by atoms with Gasteiger partial charge < -0.3 is 9.64 Å². The molecule has 4 rings (SSSR count). The zero-order valence-corrected chi connectivity index (χ0v) is 19.2. The van der Waals surface area contributed by atoms with Crippen LogP contribution in [0.25, 0.3) is 10.6 Å². The fourth-order valence-electron chi connectivity index (χ4n) is 3.12. The first-order valence-corrected chi connectivity index (χ1v) is 11.3. The van der Waals surface area contributed by atoms with Gasteiger partial charge in [0.05, 0.1) is 5.56 Å². The lowest BCUT2D eigenvalue weighted by molar-refractivity contribution is 0.102. The monoisotopic (exact) mass is 460 g/mol. The molecule has 168 valence electrons. The molecule has 3 heterocycles. The summed E-state index contributed by atoms with van der Waals surface area (Å²) in [4.78, 5) is 23.1. The van der Waals surface area contributed by atoms with Crippen molar-refractivity contribution < 1.29 is 9.53 Å². The number of hydrogen-bond acceptors (Lipinski definition) is 8. The van der Waals surface area contributed by atoms with E-state index in [9.17, 15) is 4.79 Å². The maximum atomic E-state index is 12.6. The molecule has 0 bridgehead atoms. The molecule has 0 aliphatic rings. The maximum absolute atomic E-state index is 12.6. The number of hydrogen-bond donors (Lipinski definition) is 1. The van der Waals surface area contributed by atoms with E-state index in [0.717, 1.165) is 24.1 Å². The summed E-state index contributed by atoms with van der Waals surface area (Å²) in [7, 11) is 4.07. The van der Waals surface area contributed by atoms with Gasteiger partial charge in [0.1, 0.15) is 11.1 Å². The molecule has 4 aromatic rings. The van der Waals surface area contributed by atoms with Gasteiger partial charge in [-0.25, -0.2) is 4.98 Å². The summed E-state index contributed by atoms with van der Waals surface area (Å²) in [6.45, 7) is 0.878. The van der Waals surface area contributed by atoms with Gasteiger partial charge in [0, 0.05) is 43.2 Å². The van der Waals surface area contributed by atoms with E-state index in [4.69, 9.17) is 4.74 Å². The van der Waals surface area contributed by atoms with E-state index in [1.165, 1.54) is 17.5 Å². The molecule has 0 saturated heterocycles. The molecule has 0 spiro atoms. The third-order valence-electron chi connectivity index (χ3n) is 4.84. The van der Waals surface area contributed by atoms with Crippen molar-refractivity contribution in [3.05, 3.63) is 84.3 Å². The molecular weight excluding hydrogens is 436 g/mol. The largest absolute Gasteiger partial charge is 0.469 e. The molecule has 0 saturated carbocycles. The quantitative estimate of drug-likeness (QED) is 0.398. The summed E-state index contributed by atoms with van der Waals surface area (Å²) in [6.07, 6.45) is 5.57. The molecule has 0 aliphatic carbocycles. The summed E-state index contributed by atoms with van der Waals surface area (Å²) in [5.41, 5.74) is 2.39. The molecule has 0 aliphatic heterocycles. The van der Waals surface area contributed by atoms with Crippen molar-refractivity contribution in [1.29, 1.82) is 0 Å². The maximum Gasteiger partial charge on any atom is 0.259 e. The molecular formula is C24H24N6O2S. The van der Waals surface area contributed by atoms with Crippen molar-refractivity contribution in [2.24, 2.45) is 0 Å². The summed E-state index contributed by atoms with van der Waals surface area (Å²) in [6, 6.07) is 17.2. The standard InChI is InChI=1S/C24H24N6O2S/c1-30(2)15-12-20(17-6-4-3-5-7-17)32-21-9-8-19(16-26-21)22(31)27-24-29-28-23(33-24)18-10-13-25-14-11-18/h3-11,13-14,16,20H,12,15H2,1-2H3,(H,27,29,31). The van der Waals surface area contributed by atoms with Gasteiger partial charge in [-0.3, -0.25) is 15.1 Å². The third kappa shape index (κ3) is 6.18. The molecule has 8 nitrogen and oxygen atoms in total. The summed E-state index contributed by atoms with van der Waals surface area (Å²) in [5.74, 6) is 0.161. The number of carbonyl (C=O) groups excluding carboxylic acids is 1. The van der Waals surface area contributed by atoms with Crippen LogP contribution in [0.1, 0.15) is 28.4 Å². The minimum Gasteiger partial charge on any atom is -0.469 e. The Morgan fingerprint density at radius 3 is 2.55 bits per heavy atom. The van der Waals surface area contributed by atoms with Crippen LogP contribution in [0, 0.1) is 0 Å². The van der Waals surface area contributed by atoms with Gasteiger partial charge in [-0.2, -0.15) is 0 Å². The Kier molecular flexibility index (Phi) is 7.33. The molecule has 1 unspecified atom stereocenters. The normalized spacial score (nSPS) is 11.8. The molecule has 1 atom stereocenters. The molecule has 9 heteroatoms. The lowest BCUT2D eigenvalue weighted by Crippen LogP contribution is -2.19. The Labute approximate surface area is 196 Å². The Balaban J connectivity index is 1.40. The van der Waals surface area contributed by atoms with Crippen molar-refractivity contribution in [3.63, 3.8) is 0 Å². The second kappa shape index (κ2) is 10.8. The van der Waals surface area contributed by atoms with E-state index >= 15 is 0 Å². The minimum atomic E-state index is -0.307. The molecule has 1 aromatic carbocycles. The minimum absolute atomic E-state index is 0.131. The van der Waals surface area contributed by atoms with Crippen molar-refractivity contribution >= 4 is 22.4 Å². The first-order valence-electron chi connectivity index (χ1n) is 10.5. The fourth-order valence-corrected chi connectivity index (χ4v) is 3.87. The Morgan fingerprint density at radius 1 is 1.06 bits per heavy atom. The van der Waals surface area contributed by atoms with Crippen molar-refractivity contribution in [1.82, 2.24) is 25.1 Å². The van der Waals surface area contributed by atoms with E-state index in [2.05, 4.69) is 30.4 Å². The average Bonchev–Trinajstić information content (AvgIpc) is 3.31. The van der Waals surface area contributed by atoms with Crippen LogP contribution >= 0.6 is 11.3 Å². The number of aromatic nitrogens is 4. The molecule has 1 N–H and O–H groups in total. The number of anilines is 1. The molecule has 3 aromatic heterocycles. The number of benzene rings is 1. The lowest BCUT2D eigenvalue weighted by Gasteiger charge is -2.21. The third-order valence-corrected chi connectivity index (χ3v) is 5.73. The first kappa shape index (κ1) is 22.5. The van der Waals surface area contributed by atoms with E-state index in [1.54, 1.807) is 24.5 Å². The topological polar surface area (TPSA) is 93.1 Å². The Bertz CT molecular complexity index is 1170. The van der Waals surface area contributed by atoms with Gasteiger partial charge in [0.15, 0.2) is 0 Å². The van der Waals surface area contributed by atoms with Crippen molar-refractivity contribution in [2.75, 3.05) is 26.0 Å². The van der Waals surface area contributed by atoms with Gasteiger partial charge in [0.2, 0.25) is 11.0 Å². The van der Waals surface area contributed by atoms with E-state index in [0.29, 0.717) is 21.6 Å². The number of ether oxygens (including phenoxy) is 1. The summed E-state index contributed by atoms with van der Waals surface area (Å²) >= 11 is 1.29. The zero-order valence-electron chi connectivity index (χ0n) is 18.4. The number of nitrogens with zero attached hydrogens (tertiary/aromatic N) is 5. The fraction of sp³-hybridized carbons (Fsp3) is 0.208. The van der Waals surface area contributed by atoms with Crippen LogP contribution in [-0.4, -0.2) is 51.6 Å². The van der Waals surface area contributed by atoms with Gasteiger partial charge in [-0.05, 0) is 37.9 Å². The smallest absolute Gasteiger partial charge is 0.259 e. The van der Waals surface area contributed by atoms with Crippen molar-refractivity contribution in [2.45, 2.75) is 12.5 Å². The first-order chi connectivity index (χ1) is 16.1. The van der Waals surface area contributed by atoms with Crippen LogP contribution in [0.2, 0.25) is 0 Å². The average molecular weight is 461 g/mol. The van der Waals surface area contributed by atoms with E-state index in [-0.39, 0.29) is 12.0 Å². The van der Waals surface area contributed by atoms with Crippen LogP contribution in [0.4, 0.5) is 5.13 Å². The molecule has 0 radical (unpaired) electrons. The SMILES string of the molecule is CN(C)CCC(Oc1ccc(C(=O)Nc2nnc(-c3ccncc3)s2)cn1)c1ccccc1.